The van der Waals surface area contributed by atoms with Crippen molar-refractivity contribution in [1.82, 2.24) is 9.55 Å². The lowest BCUT2D eigenvalue weighted by molar-refractivity contribution is 0.102. The summed E-state index contributed by atoms with van der Waals surface area (Å²) in [5.74, 6) is -0.318. The van der Waals surface area contributed by atoms with Gasteiger partial charge in [0.25, 0.3) is 11.5 Å². The molecule has 0 bridgehead atoms. The van der Waals surface area contributed by atoms with Gasteiger partial charge in [0.05, 0.1) is 17.8 Å². The lowest BCUT2D eigenvalue weighted by Crippen LogP contribution is -2.22. The molecule has 30 heavy (non-hydrogen) atoms. The predicted molar refractivity (Wildman–Crippen MR) is 124 cm³/mol. The van der Waals surface area contributed by atoms with E-state index in [1.54, 1.807) is 23.6 Å². The van der Waals surface area contributed by atoms with Gasteiger partial charge in [-0.2, -0.15) is 0 Å². The van der Waals surface area contributed by atoms with Crippen LogP contribution in [0, 0.1) is 13.8 Å². The van der Waals surface area contributed by atoms with Crippen molar-refractivity contribution in [1.29, 1.82) is 0 Å². The van der Waals surface area contributed by atoms with Gasteiger partial charge in [0.15, 0.2) is 5.13 Å². The van der Waals surface area contributed by atoms with Crippen LogP contribution in [0.2, 0.25) is 5.02 Å². The average molecular weight is 456 g/mol. The summed E-state index contributed by atoms with van der Waals surface area (Å²) in [7, 11) is 0. The second kappa shape index (κ2) is 8.55. The molecule has 4 rings (SSSR count). The van der Waals surface area contributed by atoms with Gasteiger partial charge in [-0.05, 0) is 37.6 Å². The van der Waals surface area contributed by atoms with Crippen LogP contribution in [-0.2, 0) is 6.54 Å². The van der Waals surface area contributed by atoms with Crippen LogP contribution in [-0.4, -0.2) is 15.5 Å². The van der Waals surface area contributed by atoms with Crippen molar-refractivity contribution in [2.45, 2.75) is 20.4 Å². The van der Waals surface area contributed by atoms with E-state index in [9.17, 15) is 9.59 Å². The first kappa shape index (κ1) is 20.5. The van der Waals surface area contributed by atoms with E-state index in [4.69, 9.17) is 11.6 Å². The molecule has 0 unspecified atom stereocenters. The quantitative estimate of drug-likeness (QED) is 0.425. The molecule has 5 nitrogen and oxygen atoms in total. The highest BCUT2D eigenvalue weighted by Gasteiger charge is 2.14. The minimum atomic E-state index is -0.318. The number of thiazole rings is 1. The molecule has 3 aromatic heterocycles. The second-order valence-electron chi connectivity index (χ2n) is 6.79. The van der Waals surface area contributed by atoms with Gasteiger partial charge in [-0.15, -0.1) is 22.7 Å². The highest BCUT2D eigenvalue weighted by atomic mass is 35.5. The third kappa shape index (κ3) is 4.38. The monoisotopic (exact) mass is 455 g/mol. The minimum Gasteiger partial charge on any atom is -0.310 e. The summed E-state index contributed by atoms with van der Waals surface area (Å²) >= 11 is 9.30. The second-order valence-corrected chi connectivity index (χ2v) is 9.52. The fourth-order valence-corrected chi connectivity index (χ4v) is 4.94. The molecule has 0 saturated carbocycles. The SMILES string of the molecule is Cc1cc(-c2csc(NC(=O)c3ccc(=O)n(Cc4ccccc4Cl)c3)n2)c(C)s1. The first-order chi connectivity index (χ1) is 14.4. The van der Waals surface area contributed by atoms with E-state index in [0.29, 0.717) is 15.7 Å². The Labute approximate surface area is 186 Å². The number of thiophene rings is 1. The molecule has 0 radical (unpaired) electrons. The Hall–Kier alpha value is -2.74. The van der Waals surface area contributed by atoms with Gasteiger partial charge in [-0.1, -0.05) is 29.8 Å². The van der Waals surface area contributed by atoms with Gasteiger partial charge in [-0.3, -0.25) is 14.9 Å². The number of halogens is 1. The summed E-state index contributed by atoms with van der Waals surface area (Å²) in [5, 5.41) is 5.85. The summed E-state index contributed by atoms with van der Waals surface area (Å²) in [5.41, 5.74) is 2.92. The van der Waals surface area contributed by atoms with Crippen molar-refractivity contribution in [2.24, 2.45) is 0 Å². The van der Waals surface area contributed by atoms with Crippen molar-refractivity contribution in [3.05, 3.63) is 90.3 Å². The Morgan fingerprint density at radius 1 is 1.20 bits per heavy atom. The van der Waals surface area contributed by atoms with E-state index in [-0.39, 0.29) is 18.0 Å². The van der Waals surface area contributed by atoms with Crippen molar-refractivity contribution in [2.75, 3.05) is 5.32 Å². The Kier molecular flexibility index (Phi) is 5.85. The smallest absolute Gasteiger partial charge is 0.258 e. The average Bonchev–Trinajstić information content (AvgIpc) is 3.30. The Morgan fingerprint density at radius 3 is 2.73 bits per heavy atom. The highest BCUT2D eigenvalue weighted by molar-refractivity contribution is 7.14. The molecule has 0 fully saturated rings. The lowest BCUT2D eigenvalue weighted by atomic mass is 10.2. The minimum absolute atomic E-state index is 0.202. The molecule has 1 amide bonds. The normalized spacial score (nSPS) is 10.9. The molecular weight excluding hydrogens is 438 g/mol. The molecule has 0 atom stereocenters. The van der Waals surface area contributed by atoms with Gasteiger partial charge in [0.1, 0.15) is 0 Å². The summed E-state index contributed by atoms with van der Waals surface area (Å²) in [6.07, 6.45) is 1.54. The van der Waals surface area contributed by atoms with Crippen LogP contribution in [0.4, 0.5) is 5.13 Å². The molecule has 1 aromatic carbocycles. The number of benzene rings is 1. The van der Waals surface area contributed by atoms with Crippen molar-refractivity contribution in [3.63, 3.8) is 0 Å². The molecule has 0 aliphatic heterocycles. The van der Waals surface area contributed by atoms with Crippen LogP contribution in [0.3, 0.4) is 0 Å². The van der Waals surface area contributed by atoms with Crippen LogP contribution >= 0.6 is 34.3 Å². The van der Waals surface area contributed by atoms with Gasteiger partial charge in [0, 0.05) is 38.0 Å². The van der Waals surface area contributed by atoms with Crippen LogP contribution < -0.4 is 10.9 Å². The molecule has 0 aliphatic rings. The van der Waals surface area contributed by atoms with E-state index in [1.165, 1.54) is 37.8 Å². The maximum atomic E-state index is 12.7. The van der Waals surface area contributed by atoms with Gasteiger partial charge in [-0.25, -0.2) is 4.98 Å². The van der Waals surface area contributed by atoms with E-state index >= 15 is 0 Å². The summed E-state index contributed by atoms with van der Waals surface area (Å²) in [6, 6.07) is 12.3. The van der Waals surface area contributed by atoms with Crippen LogP contribution in [0.25, 0.3) is 11.3 Å². The van der Waals surface area contributed by atoms with Crippen LogP contribution in [0.15, 0.2) is 58.8 Å². The number of aryl methyl sites for hydroxylation is 2. The number of nitrogens with zero attached hydrogens (tertiary/aromatic N) is 2. The fraction of sp³-hybridized carbons (Fsp3) is 0.136. The zero-order valence-electron chi connectivity index (χ0n) is 16.3. The summed E-state index contributed by atoms with van der Waals surface area (Å²) < 4.78 is 1.47. The predicted octanol–water partition coefficient (Wildman–Crippen LogP) is 5.60. The van der Waals surface area contributed by atoms with Crippen molar-refractivity contribution < 1.29 is 4.79 Å². The fourth-order valence-electron chi connectivity index (χ4n) is 3.11. The molecule has 0 spiro atoms. The molecule has 152 valence electrons. The first-order valence-corrected chi connectivity index (χ1v) is 11.3. The number of hydrogen-bond donors (Lipinski definition) is 1. The first-order valence-electron chi connectivity index (χ1n) is 9.19. The number of carbonyl (C=O) groups excluding carboxylic acids is 1. The maximum absolute atomic E-state index is 12.7. The zero-order valence-corrected chi connectivity index (χ0v) is 18.7. The molecule has 0 saturated heterocycles. The van der Waals surface area contributed by atoms with Crippen LogP contribution in [0.5, 0.6) is 0 Å². The number of pyridine rings is 1. The Balaban J connectivity index is 1.54. The van der Waals surface area contributed by atoms with Crippen LogP contribution in [0.1, 0.15) is 25.7 Å². The number of carbonyl (C=O) groups is 1. The third-order valence-corrected chi connectivity index (χ3v) is 6.68. The largest absolute Gasteiger partial charge is 0.310 e. The number of hydrogen-bond acceptors (Lipinski definition) is 5. The lowest BCUT2D eigenvalue weighted by Gasteiger charge is -2.09. The molecule has 3 heterocycles. The topological polar surface area (TPSA) is 64.0 Å². The van der Waals surface area contributed by atoms with E-state index in [2.05, 4.69) is 30.2 Å². The van der Waals surface area contributed by atoms with Crippen molar-refractivity contribution >= 4 is 45.3 Å². The van der Waals surface area contributed by atoms with E-state index < -0.39 is 0 Å². The summed E-state index contributed by atoms with van der Waals surface area (Å²) in [4.78, 5) is 31.9. The molecular formula is C22H18ClN3O2S2. The Bertz CT molecular complexity index is 1290. The number of aromatic nitrogens is 2. The van der Waals surface area contributed by atoms with E-state index in [1.807, 2.05) is 23.6 Å². The maximum Gasteiger partial charge on any atom is 0.258 e. The molecule has 1 N–H and O–H groups in total. The zero-order chi connectivity index (χ0) is 21.3. The third-order valence-electron chi connectivity index (χ3n) is 4.59. The highest BCUT2D eigenvalue weighted by Crippen LogP contribution is 2.32. The number of anilines is 1. The molecule has 8 heteroatoms. The Morgan fingerprint density at radius 2 is 2.00 bits per heavy atom. The number of nitrogens with one attached hydrogen (secondary N) is 1. The standard InChI is InChI=1S/C22H18ClN3O2S2/c1-13-9-17(14(2)30-13)19-12-29-22(24-19)25-21(28)16-7-8-20(27)26(11-16)10-15-5-3-4-6-18(15)23/h3-9,11-12H,10H2,1-2H3,(H,24,25,28). The summed E-state index contributed by atoms with van der Waals surface area (Å²) in [6.45, 7) is 4.42. The molecule has 4 aromatic rings. The number of rotatable bonds is 5. The van der Waals surface area contributed by atoms with Gasteiger partial charge >= 0.3 is 0 Å². The van der Waals surface area contributed by atoms with E-state index in [0.717, 1.165) is 16.8 Å². The molecule has 0 aliphatic carbocycles. The van der Waals surface area contributed by atoms with Crippen molar-refractivity contribution in [3.8, 4) is 11.3 Å². The van der Waals surface area contributed by atoms with Gasteiger partial charge in [0.2, 0.25) is 0 Å². The van der Waals surface area contributed by atoms with Gasteiger partial charge < -0.3 is 4.57 Å². The number of amides is 1.